The van der Waals surface area contributed by atoms with Gasteiger partial charge in [-0.1, -0.05) is 18.2 Å². The molecule has 0 aliphatic carbocycles. The Kier molecular flexibility index (Phi) is 7.83. The van der Waals surface area contributed by atoms with E-state index in [2.05, 4.69) is 4.90 Å². The second-order valence-electron chi connectivity index (χ2n) is 6.26. The number of hydrogen-bond donors (Lipinski definition) is 1. The lowest BCUT2D eigenvalue weighted by molar-refractivity contribution is -0.137. The van der Waals surface area contributed by atoms with Gasteiger partial charge in [0, 0.05) is 26.2 Å². The van der Waals surface area contributed by atoms with E-state index in [0.29, 0.717) is 19.8 Å². The maximum absolute atomic E-state index is 11.7. The van der Waals surface area contributed by atoms with Gasteiger partial charge in [-0.25, -0.2) is 8.42 Å². The fourth-order valence-electron chi connectivity index (χ4n) is 2.78. The molecular formula is C17H26N2O6S. The Balaban J connectivity index is 1.76. The molecule has 146 valence electrons. The van der Waals surface area contributed by atoms with E-state index in [0.717, 1.165) is 35.8 Å². The second kappa shape index (κ2) is 9.86. The number of para-hydroxylation sites is 1. The molecular weight excluding hydrogens is 360 g/mol. The summed E-state index contributed by atoms with van der Waals surface area (Å²) in [5.74, 6) is -0.342. The highest BCUT2D eigenvalue weighted by molar-refractivity contribution is 7.88. The van der Waals surface area contributed by atoms with Gasteiger partial charge < -0.3 is 14.6 Å². The quantitative estimate of drug-likeness (QED) is 0.585. The topological polar surface area (TPSA) is 96.4 Å². The number of sulfonamides is 1. The second-order valence-corrected chi connectivity index (χ2v) is 8.24. The number of aliphatic carboxylic acids is 1. The highest BCUT2D eigenvalue weighted by Gasteiger charge is 2.27. The predicted octanol–water partition coefficient (Wildman–Crippen LogP) is 0.503. The van der Waals surface area contributed by atoms with Crippen molar-refractivity contribution in [2.45, 2.75) is 12.5 Å². The van der Waals surface area contributed by atoms with Crippen LogP contribution in [-0.4, -0.2) is 87.0 Å². The molecule has 0 spiro atoms. The van der Waals surface area contributed by atoms with Crippen LogP contribution in [0.5, 0.6) is 5.75 Å². The average molecular weight is 386 g/mol. The van der Waals surface area contributed by atoms with Crippen LogP contribution in [0.4, 0.5) is 0 Å². The minimum Gasteiger partial charge on any atom is -0.494 e. The third-order valence-electron chi connectivity index (χ3n) is 4.04. The highest BCUT2D eigenvalue weighted by atomic mass is 32.2. The average Bonchev–Trinajstić information content (AvgIpc) is 2.58. The molecule has 2 rings (SSSR count). The van der Waals surface area contributed by atoms with Gasteiger partial charge in [-0.15, -0.1) is 0 Å². The van der Waals surface area contributed by atoms with Gasteiger partial charge in [-0.05, 0) is 18.6 Å². The molecule has 1 aromatic rings. The Morgan fingerprint density at radius 2 is 2.12 bits per heavy atom. The van der Waals surface area contributed by atoms with Crippen molar-refractivity contribution < 1.29 is 27.8 Å². The van der Waals surface area contributed by atoms with Gasteiger partial charge in [0.25, 0.3) is 0 Å². The molecule has 0 amide bonds. The van der Waals surface area contributed by atoms with Gasteiger partial charge in [0.15, 0.2) is 0 Å². The molecule has 0 aromatic heterocycles. The van der Waals surface area contributed by atoms with Crippen LogP contribution >= 0.6 is 0 Å². The van der Waals surface area contributed by atoms with Crippen LogP contribution in [0, 0.1) is 0 Å². The normalized spacial score (nSPS) is 18.8. The van der Waals surface area contributed by atoms with Gasteiger partial charge >= 0.3 is 5.97 Å². The number of benzene rings is 1. The molecule has 9 heteroatoms. The molecule has 1 aliphatic heterocycles. The number of carbonyl (C=O) groups is 1. The van der Waals surface area contributed by atoms with Crippen LogP contribution in [0.15, 0.2) is 30.3 Å². The monoisotopic (exact) mass is 386 g/mol. The summed E-state index contributed by atoms with van der Waals surface area (Å²) in [5.41, 5.74) is 0. The Morgan fingerprint density at radius 1 is 1.38 bits per heavy atom. The zero-order valence-electron chi connectivity index (χ0n) is 14.9. The van der Waals surface area contributed by atoms with Gasteiger partial charge in [-0.3, -0.25) is 9.69 Å². The van der Waals surface area contributed by atoms with Crippen molar-refractivity contribution in [2.75, 3.05) is 52.2 Å². The summed E-state index contributed by atoms with van der Waals surface area (Å²) in [7, 11) is -3.59. The molecule has 0 bridgehead atoms. The smallest absolute Gasteiger partial charge is 0.318 e. The number of morpholine rings is 1. The molecule has 0 saturated carbocycles. The summed E-state index contributed by atoms with van der Waals surface area (Å²) in [6.07, 6.45) is 1.51. The Hall–Kier alpha value is -1.68. The number of carboxylic acids is 1. The Labute approximate surface area is 154 Å². The fourth-order valence-corrected chi connectivity index (χ4v) is 3.57. The summed E-state index contributed by atoms with van der Waals surface area (Å²) in [5, 5.41) is 8.89. The molecule has 26 heavy (non-hydrogen) atoms. The molecule has 8 nitrogen and oxygen atoms in total. The number of carboxylic acid groups (broad SMARTS) is 1. The SMILES string of the molecule is CS(=O)(=O)N(CC(=O)O)CC1CN(CCCOc2ccccc2)CCO1. The summed E-state index contributed by atoms with van der Waals surface area (Å²) in [6.45, 7) is 2.72. The van der Waals surface area contributed by atoms with E-state index in [1.54, 1.807) is 0 Å². The molecule has 1 saturated heterocycles. The van der Waals surface area contributed by atoms with Crippen LogP contribution in [-0.2, 0) is 19.6 Å². The van der Waals surface area contributed by atoms with E-state index < -0.39 is 22.5 Å². The lowest BCUT2D eigenvalue weighted by atomic mass is 10.2. The van der Waals surface area contributed by atoms with Crippen LogP contribution in [0.3, 0.4) is 0 Å². The van der Waals surface area contributed by atoms with Crippen LogP contribution in [0.1, 0.15) is 6.42 Å². The third kappa shape index (κ3) is 7.28. The van der Waals surface area contributed by atoms with Crippen molar-refractivity contribution in [2.24, 2.45) is 0 Å². The first-order valence-corrected chi connectivity index (χ1v) is 10.4. The highest BCUT2D eigenvalue weighted by Crippen LogP contribution is 2.11. The van der Waals surface area contributed by atoms with Gasteiger partial charge in [0.1, 0.15) is 12.3 Å². The summed E-state index contributed by atoms with van der Waals surface area (Å²) < 4.78 is 35.7. The van der Waals surface area contributed by atoms with Crippen LogP contribution < -0.4 is 4.74 Å². The van der Waals surface area contributed by atoms with Crippen molar-refractivity contribution in [3.8, 4) is 5.75 Å². The van der Waals surface area contributed by atoms with E-state index in [4.69, 9.17) is 14.6 Å². The van der Waals surface area contributed by atoms with E-state index >= 15 is 0 Å². The first-order chi connectivity index (χ1) is 12.3. The molecule has 1 fully saturated rings. The molecule has 1 aromatic carbocycles. The maximum atomic E-state index is 11.7. The first kappa shape index (κ1) is 20.6. The van der Waals surface area contributed by atoms with Crippen molar-refractivity contribution in [1.82, 2.24) is 9.21 Å². The number of nitrogens with zero attached hydrogens (tertiary/aromatic N) is 2. The molecule has 1 unspecified atom stereocenters. The maximum Gasteiger partial charge on any atom is 0.318 e. The van der Waals surface area contributed by atoms with E-state index in [9.17, 15) is 13.2 Å². The van der Waals surface area contributed by atoms with E-state index in [-0.39, 0.29) is 12.6 Å². The van der Waals surface area contributed by atoms with Crippen molar-refractivity contribution in [3.05, 3.63) is 30.3 Å². The standard InChI is InChI=1S/C17H26N2O6S/c1-26(22,23)19(14-17(20)21)13-16-12-18(9-11-25-16)8-5-10-24-15-6-3-2-4-7-15/h2-4,6-7,16H,5,8-14H2,1H3,(H,20,21). The minimum atomic E-state index is -3.59. The van der Waals surface area contributed by atoms with Gasteiger partial charge in [0.2, 0.25) is 10.0 Å². The molecule has 1 heterocycles. The first-order valence-electron chi connectivity index (χ1n) is 8.53. The summed E-state index contributed by atoms with van der Waals surface area (Å²) in [6, 6.07) is 9.60. The van der Waals surface area contributed by atoms with Crippen LogP contribution in [0.25, 0.3) is 0 Å². The molecule has 1 atom stereocenters. The van der Waals surface area contributed by atoms with Crippen molar-refractivity contribution in [1.29, 1.82) is 0 Å². The zero-order valence-corrected chi connectivity index (χ0v) is 15.7. The lowest BCUT2D eigenvalue weighted by Crippen LogP contribution is -2.49. The van der Waals surface area contributed by atoms with Crippen LogP contribution in [0.2, 0.25) is 0 Å². The fraction of sp³-hybridized carbons (Fsp3) is 0.588. The van der Waals surface area contributed by atoms with E-state index in [1.165, 1.54) is 0 Å². The summed E-state index contributed by atoms with van der Waals surface area (Å²) >= 11 is 0. The number of ether oxygens (including phenoxy) is 2. The Bertz CT molecular complexity index is 667. The third-order valence-corrected chi connectivity index (χ3v) is 5.26. The molecule has 0 radical (unpaired) electrons. The Morgan fingerprint density at radius 3 is 2.77 bits per heavy atom. The minimum absolute atomic E-state index is 0.0438. The summed E-state index contributed by atoms with van der Waals surface area (Å²) in [4.78, 5) is 13.1. The molecule has 1 N–H and O–H groups in total. The van der Waals surface area contributed by atoms with E-state index in [1.807, 2.05) is 30.3 Å². The zero-order chi connectivity index (χ0) is 19.0. The lowest BCUT2D eigenvalue weighted by Gasteiger charge is -2.34. The van der Waals surface area contributed by atoms with Crippen molar-refractivity contribution in [3.63, 3.8) is 0 Å². The molecule has 1 aliphatic rings. The number of rotatable bonds is 10. The number of hydrogen-bond acceptors (Lipinski definition) is 6. The van der Waals surface area contributed by atoms with Crippen molar-refractivity contribution >= 4 is 16.0 Å². The van der Waals surface area contributed by atoms with Gasteiger partial charge in [-0.2, -0.15) is 4.31 Å². The van der Waals surface area contributed by atoms with Gasteiger partial charge in [0.05, 0.1) is 25.6 Å². The predicted molar refractivity (Wildman–Crippen MR) is 96.8 cm³/mol. The largest absolute Gasteiger partial charge is 0.494 e.